The van der Waals surface area contributed by atoms with Crippen LogP contribution in [0.5, 0.6) is 5.75 Å². The predicted octanol–water partition coefficient (Wildman–Crippen LogP) is 7.24. The molecule has 0 unspecified atom stereocenters. The standard InChI is InChI=1S/C37H53N3O6/c1-36(2,3)45-34(42)19-20-39(35(43)46-37(4,5)6)24-33(41)40-21-18-28-23-29(15-17-31(28)40)44-25-26-14-16-30(32(22-26)38(7)8)27-12-10-9-11-13-27/h14-17,22-23,27H,9-13,18-21,24-25H2,1-8H3. The van der Waals surface area contributed by atoms with Gasteiger partial charge in [0.05, 0.1) is 6.42 Å². The van der Waals surface area contributed by atoms with Crippen molar-refractivity contribution in [2.24, 2.45) is 0 Å². The van der Waals surface area contributed by atoms with Crippen LogP contribution in [0.4, 0.5) is 16.2 Å². The molecule has 1 aliphatic carbocycles. The smallest absolute Gasteiger partial charge is 0.410 e. The van der Waals surface area contributed by atoms with Crippen LogP contribution >= 0.6 is 0 Å². The van der Waals surface area contributed by atoms with E-state index in [-0.39, 0.29) is 25.4 Å². The molecule has 1 aliphatic heterocycles. The van der Waals surface area contributed by atoms with Crippen molar-refractivity contribution in [3.05, 3.63) is 53.1 Å². The van der Waals surface area contributed by atoms with Gasteiger partial charge in [-0.15, -0.1) is 0 Å². The molecule has 0 saturated heterocycles. The molecular formula is C37H53N3O6. The van der Waals surface area contributed by atoms with Crippen LogP contribution in [0, 0.1) is 0 Å². The van der Waals surface area contributed by atoms with E-state index in [1.54, 1.807) is 46.4 Å². The van der Waals surface area contributed by atoms with E-state index < -0.39 is 23.3 Å². The first-order valence-electron chi connectivity index (χ1n) is 16.7. The predicted molar refractivity (Wildman–Crippen MR) is 182 cm³/mol. The Morgan fingerprint density at radius 3 is 2.24 bits per heavy atom. The van der Waals surface area contributed by atoms with Gasteiger partial charge in [-0.05, 0) is 108 Å². The molecule has 4 rings (SSSR count). The van der Waals surface area contributed by atoms with Gasteiger partial charge in [-0.3, -0.25) is 14.5 Å². The van der Waals surface area contributed by atoms with Crippen LogP contribution in [0.2, 0.25) is 0 Å². The van der Waals surface area contributed by atoms with Crippen molar-refractivity contribution < 1.29 is 28.6 Å². The molecule has 252 valence electrons. The third-order valence-electron chi connectivity index (χ3n) is 8.26. The molecule has 1 fully saturated rings. The van der Waals surface area contributed by atoms with E-state index in [0.29, 0.717) is 25.5 Å². The summed E-state index contributed by atoms with van der Waals surface area (Å²) in [6, 6.07) is 12.5. The summed E-state index contributed by atoms with van der Waals surface area (Å²) in [5.74, 6) is 0.704. The zero-order valence-electron chi connectivity index (χ0n) is 29.1. The van der Waals surface area contributed by atoms with Crippen molar-refractivity contribution >= 4 is 29.3 Å². The molecule has 0 bridgehead atoms. The monoisotopic (exact) mass is 635 g/mol. The highest BCUT2D eigenvalue weighted by atomic mass is 16.6. The fourth-order valence-corrected chi connectivity index (χ4v) is 6.15. The van der Waals surface area contributed by atoms with Gasteiger partial charge in [-0.1, -0.05) is 31.4 Å². The fraction of sp³-hybridized carbons (Fsp3) is 0.595. The van der Waals surface area contributed by atoms with Crippen LogP contribution < -0.4 is 14.5 Å². The number of esters is 1. The Bertz CT molecular complexity index is 1380. The third-order valence-corrected chi connectivity index (χ3v) is 8.26. The average molecular weight is 636 g/mol. The van der Waals surface area contributed by atoms with Crippen molar-refractivity contribution in [3.63, 3.8) is 0 Å². The highest BCUT2D eigenvalue weighted by Crippen LogP contribution is 2.38. The number of amides is 2. The SMILES string of the molecule is CN(C)c1cc(COc2ccc3c(c2)CCN3C(=O)CN(CCC(=O)OC(C)(C)C)C(=O)OC(C)(C)C)ccc1C1CCCCC1. The summed E-state index contributed by atoms with van der Waals surface area (Å²) in [5.41, 5.74) is 4.26. The topological polar surface area (TPSA) is 88.6 Å². The molecule has 0 N–H and O–H groups in total. The lowest BCUT2D eigenvalue weighted by Gasteiger charge is -2.29. The Labute approximate surface area is 275 Å². The Kier molecular flexibility index (Phi) is 11.3. The second-order valence-corrected chi connectivity index (χ2v) is 14.7. The van der Waals surface area contributed by atoms with Gasteiger partial charge in [0.1, 0.15) is 30.1 Å². The molecule has 1 saturated carbocycles. The van der Waals surface area contributed by atoms with Gasteiger partial charge in [-0.25, -0.2) is 4.79 Å². The molecule has 0 atom stereocenters. The van der Waals surface area contributed by atoms with Crippen LogP contribution in [-0.2, 0) is 32.1 Å². The molecule has 9 nitrogen and oxygen atoms in total. The first-order valence-corrected chi connectivity index (χ1v) is 16.7. The minimum atomic E-state index is -0.744. The van der Waals surface area contributed by atoms with Crippen LogP contribution in [0.3, 0.4) is 0 Å². The number of fused-ring (bicyclic) bond motifs is 1. The van der Waals surface area contributed by atoms with Crippen molar-refractivity contribution in [3.8, 4) is 5.75 Å². The second-order valence-electron chi connectivity index (χ2n) is 14.7. The molecule has 0 aromatic heterocycles. The normalized spacial score (nSPS) is 15.3. The summed E-state index contributed by atoms with van der Waals surface area (Å²) in [4.78, 5) is 44.1. The van der Waals surface area contributed by atoms with Crippen LogP contribution in [0.25, 0.3) is 0 Å². The molecule has 2 amide bonds. The van der Waals surface area contributed by atoms with E-state index in [1.165, 1.54) is 48.3 Å². The quantitative estimate of drug-likeness (QED) is 0.254. The van der Waals surface area contributed by atoms with Crippen LogP contribution in [-0.4, -0.2) is 67.8 Å². The highest BCUT2D eigenvalue weighted by Gasteiger charge is 2.30. The summed E-state index contributed by atoms with van der Waals surface area (Å²) in [6.07, 6.45) is 6.47. The van der Waals surface area contributed by atoms with Crippen molar-refractivity contribution in [1.82, 2.24) is 4.90 Å². The van der Waals surface area contributed by atoms with E-state index in [4.69, 9.17) is 14.2 Å². The van der Waals surface area contributed by atoms with Crippen LogP contribution in [0.1, 0.15) is 103 Å². The number of hydrogen-bond acceptors (Lipinski definition) is 7. The fourth-order valence-electron chi connectivity index (χ4n) is 6.15. The Morgan fingerprint density at radius 2 is 1.59 bits per heavy atom. The van der Waals surface area contributed by atoms with E-state index in [1.807, 2.05) is 18.2 Å². The lowest BCUT2D eigenvalue weighted by molar-refractivity contribution is -0.155. The maximum absolute atomic E-state index is 13.5. The number of ether oxygens (including phenoxy) is 3. The van der Waals surface area contributed by atoms with E-state index in [9.17, 15) is 14.4 Å². The third kappa shape index (κ3) is 9.87. The first kappa shape index (κ1) is 35.1. The number of carbonyl (C=O) groups is 3. The van der Waals surface area contributed by atoms with E-state index in [0.717, 1.165) is 22.6 Å². The van der Waals surface area contributed by atoms with Gasteiger partial charge in [0, 0.05) is 38.6 Å². The van der Waals surface area contributed by atoms with Gasteiger partial charge in [0.2, 0.25) is 5.91 Å². The molecule has 2 aliphatic rings. The van der Waals surface area contributed by atoms with Crippen molar-refractivity contribution in [2.45, 2.75) is 110 Å². The molecule has 2 aromatic rings. The number of rotatable bonds is 10. The summed E-state index contributed by atoms with van der Waals surface area (Å²) in [5, 5.41) is 0. The van der Waals surface area contributed by atoms with Gasteiger partial charge >= 0.3 is 12.1 Å². The molecule has 0 spiro atoms. The maximum Gasteiger partial charge on any atom is 0.410 e. The molecule has 9 heteroatoms. The zero-order valence-corrected chi connectivity index (χ0v) is 29.1. The Hall–Kier alpha value is -3.75. The number of hydrogen-bond donors (Lipinski definition) is 0. The first-order chi connectivity index (χ1) is 21.6. The molecule has 46 heavy (non-hydrogen) atoms. The molecular weight excluding hydrogens is 582 g/mol. The summed E-state index contributed by atoms with van der Waals surface area (Å²) in [6.45, 7) is 11.4. The largest absolute Gasteiger partial charge is 0.489 e. The van der Waals surface area contributed by atoms with Crippen molar-refractivity contribution in [1.29, 1.82) is 0 Å². The average Bonchev–Trinajstić information content (AvgIpc) is 3.40. The summed E-state index contributed by atoms with van der Waals surface area (Å²) in [7, 11) is 4.21. The number of nitrogens with zero attached hydrogens (tertiary/aromatic N) is 3. The minimum absolute atomic E-state index is 0.0141. The molecule has 0 radical (unpaired) electrons. The van der Waals surface area contributed by atoms with Gasteiger partial charge in [0.25, 0.3) is 0 Å². The lowest BCUT2D eigenvalue weighted by Crippen LogP contribution is -2.45. The number of carbonyl (C=O) groups excluding carboxylic acids is 3. The number of benzene rings is 2. The summed E-state index contributed by atoms with van der Waals surface area (Å²) >= 11 is 0. The van der Waals surface area contributed by atoms with Crippen LogP contribution in [0.15, 0.2) is 36.4 Å². The van der Waals surface area contributed by atoms with Gasteiger partial charge in [-0.2, -0.15) is 0 Å². The van der Waals surface area contributed by atoms with Crippen molar-refractivity contribution in [2.75, 3.05) is 43.5 Å². The van der Waals surface area contributed by atoms with Gasteiger partial charge in [0.15, 0.2) is 0 Å². The van der Waals surface area contributed by atoms with E-state index >= 15 is 0 Å². The maximum atomic E-state index is 13.5. The lowest BCUT2D eigenvalue weighted by atomic mass is 9.83. The second kappa shape index (κ2) is 14.8. The zero-order chi connectivity index (χ0) is 33.6. The number of anilines is 2. The minimum Gasteiger partial charge on any atom is -0.489 e. The Morgan fingerprint density at radius 1 is 0.891 bits per heavy atom. The molecule has 1 heterocycles. The Balaban J connectivity index is 1.40. The van der Waals surface area contributed by atoms with E-state index in [2.05, 4.69) is 37.2 Å². The highest BCUT2D eigenvalue weighted by molar-refractivity contribution is 5.98. The molecule has 2 aromatic carbocycles. The summed E-state index contributed by atoms with van der Waals surface area (Å²) < 4.78 is 17.2. The van der Waals surface area contributed by atoms with Gasteiger partial charge < -0.3 is 24.0 Å².